The Balaban J connectivity index is 3.33. The van der Waals surface area contributed by atoms with Crippen LogP contribution in [0, 0.1) is 0 Å². The maximum absolute atomic E-state index is 11.6. The standard InChI is InChI=1S/C10H8Cl4O4/c1-17-8(15)4-3-5(11)10(14,9(16)18-2)7(13)6(4)12/h3,5H,1-2H3. The lowest BCUT2D eigenvalue weighted by Gasteiger charge is -2.31. The molecule has 1 aliphatic rings. The Labute approximate surface area is 123 Å². The molecule has 0 aliphatic heterocycles. The summed E-state index contributed by atoms with van der Waals surface area (Å²) >= 11 is 23.8. The predicted molar refractivity (Wildman–Crippen MR) is 69.1 cm³/mol. The van der Waals surface area contributed by atoms with E-state index >= 15 is 0 Å². The van der Waals surface area contributed by atoms with Crippen molar-refractivity contribution in [3.05, 3.63) is 21.7 Å². The second kappa shape index (κ2) is 5.70. The van der Waals surface area contributed by atoms with Gasteiger partial charge in [-0.25, -0.2) is 9.59 Å². The summed E-state index contributed by atoms with van der Waals surface area (Å²) in [7, 11) is 2.31. The van der Waals surface area contributed by atoms with Gasteiger partial charge in [-0.05, 0) is 6.08 Å². The normalized spacial score (nSPS) is 27.7. The Kier molecular flexibility index (Phi) is 4.95. The molecule has 100 valence electrons. The minimum absolute atomic E-state index is 0.0515. The van der Waals surface area contributed by atoms with Gasteiger partial charge in [0.05, 0.1) is 35.2 Å². The fourth-order valence-corrected chi connectivity index (χ4v) is 2.60. The van der Waals surface area contributed by atoms with Gasteiger partial charge in [-0.3, -0.25) is 0 Å². The first kappa shape index (κ1) is 15.6. The molecule has 0 fully saturated rings. The highest BCUT2D eigenvalue weighted by atomic mass is 35.5. The molecule has 4 nitrogen and oxygen atoms in total. The number of halogens is 4. The number of alkyl halides is 2. The van der Waals surface area contributed by atoms with Gasteiger partial charge in [-0.1, -0.05) is 34.8 Å². The zero-order valence-corrected chi connectivity index (χ0v) is 12.3. The summed E-state index contributed by atoms with van der Waals surface area (Å²) in [5, 5.41) is -1.57. The van der Waals surface area contributed by atoms with E-state index < -0.39 is 22.2 Å². The number of carbonyl (C=O) groups excluding carboxylic acids is 2. The van der Waals surface area contributed by atoms with Gasteiger partial charge in [0.25, 0.3) is 0 Å². The monoisotopic (exact) mass is 332 g/mol. The van der Waals surface area contributed by atoms with Crippen LogP contribution in [0.4, 0.5) is 0 Å². The summed E-state index contributed by atoms with van der Waals surface area (Å²) < 4.78 is 9.04. The lowest BCUT2D eigenvalue weighted by Crippen LogP contribution is -2.45. The molecular formula is C10H8Cl4O4. The number of esters is 2. The van der Waals surface area contributed by atoms with Crippen molar-refractivity contribution in [2.45, 2.75) is 10.3 Å². The third kappa shape index (κ3) is 2.35. The van der Waals surface area contributed by atoms with Crippen LogP contribution < -0.4 is 0 Å². The van der Waals surface area contributed by atoms with Gasteiger partial charge in [-0.15, -0.1) is 11.6 Å². The van der Waals surface area contributed by atoms with E-state index in [0.717, 1.165) is 7.11 Å². The van der Waals surface area contributed by atoms with Crippen molar-refractivity contribution in [1.82, 2.24) is 0 Å². The quantitative estimate of drug-likeness (QED) is 0.575. The van der Waals surface area contributed by atoms with E-state index in [1.807, 2.05) is 0 Å². The molecule has 0 aromatic carbocycles. The Morgan fingerprint density at radius 2 is 1.83 bits per heavy atom. The zero-order chi connectivity index (χ0) is 14.1. The third-order valence-electron chi connectivity index (χ3n) is 2.33. The first-order valence-electron chi connectivity index (χ1n) is 4.58. The van der Waals surface area contributed by atoms with E-state index in [1.54, 1.807) is 0 Å². The van der Waals surface area contributed by atoms with Crippen LogP contribution in [0.25, 0.3) is 0 Å². The van der Waals surface area contributed by atoms with Gasteiger partial charge < -0.3 is 9.47 Å². The molecule has 0 aromatic heterocycles. The molecule has 0 bridgehead atoms. The average molecular weight is 334 g/mol. The highest BCUT2D eigenvalue weighted by molar-refractivity contribution is 6.54. The molecule has 8 heteroatoms. The summed E-state index contributed by atoms with van der Waals surface area (Å²) in [6.07, 6.45) is 1.20. The van der Waals surface area contributed by atoms with E-state index in [9.17, 15) is 9.59 Å². The molecule has 1 aliphatic carbocycles. The van der Waals surface area contributed by atoms with Crippen LogP contribution in [-0.4, -0.2) is 36.4 Å². The molecule has 0 aromatic rings. The molecule has 0 saturated carbocycles. The van der Waals surface area contributed by atoms with Gasteiger partial charge in [0, 0.05) is 0 Å². The molecule has 2 atom stereocenters. The topological polar surface area (TPSA) is 52.6 Å². The Morgan fingerprint density at radius 1 is 1.28 bits per heavy atom. The lowest BCUT2D eigenvalue weighted by atomic mass is 9.94. The second-order valence-electron chi connectivity index (χ2n) is 3.30. The van der Waals surface area contributed by atoms with Crippen LogP contribution in [0.2, 0.25) is 0 Å². The van der Waals surface area contributed by atoms with Crippen LogP contribution in [-0.2, 0) is 19.1 Å². The van der Waals surface area contributed by atoms with Crippen molar-refractivity contribution in [3.8, 4) is 0 Å². The summed E-state index contributed by atoms with van der Waals surface area (Å²) in [5.41, 5.74) is -0.0515. The molecule has 1 rings (SSSR count). The fourth-order valence-electron chi connectivity index (χ4n) is 1.35. The van der Waals surface area contributed by atoms with Crippen molar-refractivity contribution in [2.75, 3.05) is 14.2 Å². The third-order valence-corrected chi connectivity index (χ3v) is 4.55. The minimum Gasteiger partial charge on any atom is -0.467 e. The molecule has 18 heavy (non-hydrogen) atoms. The molecule has 0 saturated heterocycles. The van der Waals surface area contributed by atoms with E-state index in [4.69, 9.17) is 46.4 Å². The van der Waals surface area contributed by atoms with Gasteiger partial charge in [0.1, 0.15) is 0 Å². The maximum atomic E-state index is 11.6. The summed E-state index contributed by atoms with van der Waals surface area (Å²) in [6.45, 7) is 0. The van der Waals surface area contributed by atoms with Gasteiger partial charge in [-0.2, -0.15) is 0 Å². The van der Waals surface area contributed by atoms with Crippen molar-refractivity contribution in [3.63, 3.8) is 0 Å². The average Bonchev–Trinajstić information content (AvgIpc) is 2.38. The number of methoxy groups -OCH3 is 2. The highest BCUT2D eigenvalue weighted by Gasteiger charge is 2.51. The number of hydrogen-bond donors (Lipinski definition) is 0. The van der Waals surface area contributed by atoms with Gasteiger partial charge in [0.15, 0.2) is 4.87 Å². The largest absolute Gasteiger partial charge is 0.467 e. The maximum Gasteiger partial charge on any atom is 0.339 e. The van der Waals surface area contributed by atoms with E-state index in [0.29, 0.717) is 0 Å². The van der Waals surface area contributed by atoms with Crippen LogP contribution in [0.5, 0.6) is 0 Å². The smallest absolute Gasteiger partial charge is 0.339 e. The van der Waals surface area contributed by atoms with Crippen LogP contribution >= 0.6 is 46.4 Å². The molecule has 0 spiro atoms. The van der Waals surface area contributed by atoms with E-state index in [-0.39, 0.29) is 15.6 Å². The minimum atomic E-state index is -1.85. The van der Waals surface area contributed by atoms with Crippen molar-refractivity contribution >= 4 is 58.3 Å². The van der Waals surface area contributed by atoms with Crippen molar-refractivity contribution in [1.29, 1.82) is 0 Å². The SMILES string of the molecule is COC(=O)C1=CC(Cl)C(Cl)(C(=O)OC)C(Cl)=C1Cl. The summed E-state index contributed by atoms with van der Waals surface area (Å²) in [5.74, 6) is -1.60. The molecule has 0 heterocycles. The first-order chi connectivity index (χ1) is 8.30. The number of carbonyl (C=O) groups is 2. The first-order valence-corrected chi connectivity index (χ1v) is 6.15. The lowest BCUT2D eigenvalue weighted by molar-refractivity contribution is -0.142. The van der Waals surface area contributed by atoms with E-state index in [2.05, 4.69) is 9.47 Å². The van der Waals surface area contributed by atoms with E-state index in [1.165, 1.54) is 13.2 Å². The van der Waals surface area contributed by atoms with Crippen LogP contribution in [0.15, 0.2) is 21.7 Å². The predicted octanol–water partition coefficient (Wildman–Crippen LogP) is 2.55. The Hall–Kier alpha value is -0.420. The Morgan fingerprint density at radius 3 is 2.28 bits per heavy atom. The van der Waals surface area contributed by atoms with Gasteiger partial charge >= 0.3 is 11.9 Å². The van der Waals surface area contributed by atoms with Crippen LogP contribution in [0.1, 0.15) is 0 Å². The Bertz CT molecular complexity index is 457. The number of ether oxygens (including phenoxy) is 2. The number of allylic oxidation sites excluding steroid dienone is 1. The molecular weight excluding hydrogens is 326 g/mol. The fraction of sp³-hybridized carbons (Fsp3) is 0.400. The zero-order valence-electron chi connectivity index (χ0n) is 9.30. The summed E-state index contributed by atoms with van der Waals surface area (Å²) in [6, 6.07) is 0. The number of rotatable bonds is 2. The van der Waals surface area contributed by atoms with Gasteiger partial charge in [0.2, 0.25) is 0 Å². The number of hydrogen-bond acceptors (Lipinski definition) is 4. The highest BCUT2D eigenvalue weighted by Crippen LogP contribution is 2.45. The molecule has 0 amide bonds. The molecule has 0 N–H and O–H groups in total. The summed E-state index contributed by atoms with van der Waals surface area (Å²) in [4.78, 5) is 21.2. The molecule has 2 unspecified atom stereocenters. The van der Waals surface area contributed by atoms with Crippen molar-refractivity contribution in [2.24, 2.45) is 0 Å². The van der Waals surface area contributed by atoms with Crippen LogP contribution in [0.3, 0.4) is 0 Å². The molecule has 0 radical (unpaired) electrons. The second-order valence-corrected chi connectivity index (χ2v) is 5.13. The van der Waals surface area contributed by atoms with Crippen molar-refractivity contribution < 1.29 is 19.1 Å².